The van der Waals surface area contributed by atoms with Gasteiger partial charge in [0.1, 0.15) is 10.6 Å². The van der Waals surface area contributed by atoms with Gasteiger partial charge in [-0.1, -0.05) is 17.7 Å². The van der Waals surface area contributed by atoms with Gasteiger partial charge in [0.2, 0.25) is 0 Å². The van der Waals surface area contributed by atoms with E-state index in [1.165, 1.54) is 26.4 Å². The van der Waals surface area contributed by atoms with Crippen LogP contribution in [-0.4, -0.2) is 33.5 Å². The highest BCUT2D eigenvalue weighted by atomic mass is 32.2. The molecule has 7 heteroatoms. The average Bonchev–Trinajstić information content (AvgIpc) is 2.97. The van der Waals surface area contributed by atoms with Gasteiger partial charge in [0.25, 0.3) is 10.0 Å². The number of aryl methyl sites for hydroxylation is 1. The Balaban J connectivity index is 2.35. The van der Waals surface area contributed by atoms with Gasteiger partial charge in [-0.15, -0.1) is 0 Å². The second-order valence-corrected chi connectivity index (χ2v) is 6.52. The third kappa shape index (κ3) is 2.92. The number of sulfonamides is 1. The molecule has 0 aliphatic carbocycles. The highest BCUT2D eigenvalue weighted by Gasteiger charge is 2.24. The van der Waals surface area contributed by atoms with E-state index < -0.39 is 16.0 Å². The number of hydrogen-bond acceptors (Lipinski definition) is 4. The van der Waals surface area contributed by atoms with Crippen LogP contribution in [0.1, 0.15) is 16.1 Å². The summed E-state index contributed by atoms with van der Waals surface area (Å²) in [7, 11) is -1.04. The van der Waals surface area contributed by atoms with Gasteiger partial charge >= 0.3 is 5.97 Å². The van der Waals surface area contributed by atoms with Gasteiger partial charge in [0.15, 0.2) is 0 Å². The minimum atomic E-state index is -3.73. The molecule has 21 heavy (non-hydrogen) atoms. The van der Waals surface area contributed by atoms with Crippen LogP contribution in [-0.2, 0) is 14.8 Å². The average molecular weight is 308 g/mol. The van der Waals surface area contributed by atoms with Gasteiger partial charge < -0.3 is 9.72 Å². The molecule has 1 heterocycles. The van der Waals surface area contributed by atoms with Gasteiger partial charge in [-0.25, -0.2) is 13.2 Å². The number of carbonyl (C=O) groups is 1. The molecule has 0 aliphatic heterocycles. The summed E-state index contributed by atoms with van der Waals surface area (Å²) in [5, 5.41) is 0. The first kappa shape index (κ1) is 15.1. The summed E-state index contributed by atoms with van der Waals surface area (Å²) >= 11 is 0. The van der Waals surface area contributed by atoms with Crippen molar-refractivity contribution >= 4 is 21.7 Å². The molecule has 112 valence electrons. The molecule has 1 aromatic carbocycles. The molecular weight excluding hydrogens is 292 g/mol. The zero-order valence-electron chi connectivity index (χ0n) is 12.0. The first-order valence-electron chi connectivity index (χ1n) is 6.18. The molecule has 0 saturated carbocycles. The predicted molar refractivity (Wildman–Crippen MR) is 78.9 cm³/mol. The highest BCUT2D eigenvalue weighted by molar-refractivity contribution is 7.92. The Hall–Kier alpha value is -2.28. The van der Waals surface area contributed by atoms with E-state index >= 15 is 0 Å². The lowest BCUT2D eigenvalue weighted by Gasteiger charge is -2.18. The number of hydrogen-bond donors (Lipinski definition) is 1. The monoisotopic (exact) mass is 308 g/mol. The maximum absolute atomic E-state index is 12.5. The van der Waals surface area contributed by atoms with Crippen molar-refractivity contribution in [1.82, 2.24) is 4.98 Å². The quantitative estimate of drug-likeness (QED) is 0.875. The number of aromatic nitrogens is 1. The van der Waals surface area contributed by atoms with Gasteiger partial charge in [0, 0.05) is 13.2 Å². The lowest BCUT2D eigenvalue weighted by molar-refractivity contribution is 0.0595. The van der Waals surface area contributed by atoms with E-state index in [2.05, 4.69) is 9.72 Å². The van der Waals surface area contributed by atoms with Crippen LogP contribution in [0.25, 0.3) is 0 Å². The number of benzene rings is 1. The molecule has 0 radical (unpaired) electrons. The molecule has 1 aromatic heterocycles. The van der Waals surface area contributed by atoms with Crippen LogP contribution in [0.3, 0.4) is 0 Å². The lowest BCUT2D eigenvalue weighted by atomic mass is 10.2. The molecule has 0 fully saturated rings. The first-order valence-corrected chi connectivity index (χ1v) is 7.62. The smallest absolute Gasteiger partial charge is 0.354 e. The summed E-state index contributed by atoms with van der Waals surface area (Å²) in [5.74, 6) is -0.616. The fraction of sp³-hybridized carbons (Fsp3) is 0.214. The third-order valence-corrected chi connectivity index (χ3v) is 4.88. The molecule has 0 atom stereocenters. The maximum atomic E-state index is 12.5. The van der Waals surface area contributed by atoms with Crippen LogP contribution in [0.4, 0.5) is 5.69 Å². The van der Waals surface area contributed by atoms with Crippen LogP contribution in [0.5, 0.6) is 0 Å². The maximum Gasteiger partial charge on any atom is 0.354 e. The molecular formula is C14H16N2O4S. The largest absolute Gasteiger partial charge is 0.464 e. The minimum Gasteiger partial charge on any atom is -0.464 e. The second-order valence-electron chi connectivity index (χ2n) is 4.55. The number of anilines is 1. The van der Waals surface area contributed by atoms with E-state index in [0.717, 1.165) is 9.87 Å². The summed E-state index contributed by atoms with van der Waals surface area (Å²) in [5.41, 5.74) is 1.67. The zero-order chi connectivity index (χ0) is 15.6. The van der Waals surface area contributed by atoms with Gasteiger partial charge in [-0.3, -0.25) is 4.31 Å². The van der Waals surface area contributed by atoms with Gasteiger partial charge in [-0.05, 0) is 25.1 Å². The third-order valence-electron chi connectivity index (χ3n) is 3.12. The Labute approximate surface area is 123 Å². The highest BCUT2D eigenvalue weighted by Crippen LogP contribution is 2.22. The molecule has 0 unspecified atom stereocenters. The number of carbonyl (C=O) groups excluding carboxylic acids is 1. The van der Waals surface area contributed by atoms with Crippen LogP contribution in [0.2, 0.25) is 0 Å². The van der Waals surface area contributed by atoms with E-state index in [0.29, 0.717) is 5.69 Å². The van der Waals surface area contributed by atoms with Crippen LogP contribution in [0.15, 0.2) is 41.4 Å². The van der Waals surface area contributed by atoms with E-state index in [1.807, 2.05) is 19.1 Å². The summed E-state index contributed by atoms with van der Waals surface area (Å²) in [6.07, 6.45) is 1.27. The number of esters is 1. The summed E-state index contributed by atoms with van der Waals surface area (Å²) in [6.45, 7) is 1.92. The Kier molecular flexibility index (Phi) is 4.04. The first-order chi connectivity index (χ1) is 9.86. The number of nitrogens with one attached hydrogen (secondary N) is 1. The summed E-state index contributed by atoms with van der Waals surface area (Å²) in [4.78, 5) is 14.0. The molecule has 2 rings (SSSR count). The Morgan fingerprint density at radius 1 is 1.24 bits per heavy atom. The summed E-state index contributed by atoms with van der Waals surface area (Å²) < 4.78 is 30.7. The van der Waals surface area contributed by atoms with Crippen molar-refractivity contribution in [3.63, 3.8) is 0 Å². The second kappa shape index (κ2) is 5.61. The topological polar surface area (TPSA) is 79.5 Å². The van der Waals surface area contributed by atoms with E-state index in [9.17, 15) is 13.2 Å². The Morgan fingerprint density at radius 3 is 2.43 bits per heavy atom. The number of aromatic amines is 1. The molecule has 6 nitrogen and oxygen atoms in total. The van der Waals surface area contributed by atoms with E-state index in [4.69, 9.17) is 0 Å². The molecule has 1 N–H and O–H groups in total. The molecule has 0 amide bonds. The van der Waals surface area contributed by atoms with Crippen LogP contribution in [0, 0.1) is 6.92 Å². The van der Waals surface area contributed by atoms with Crippen molar-refractivity contribution in [2.45, 2.75) is 11.8 Å². The standard InChI is InChI=1S/C14H16N2O4S/c1-10-4-6-11(7-5-10)16(2)21(18,19)12-8-13(15-9-12)14(17)20-3/h4-9,15H,1-3H3. The van der Waals surface area contributed by atoms with Crippen molar-refractivity contribution in [1.29, 1.82) is 0 Å². The predicted octanol–water partition coefficient (Wildman–Crippen LogP) is 1.93. The minimum absolute atomic E-state index is 0.00553. The van der Waals surface area contributed by atoms with E-state index in [-0.39, 0.29) is 10.6 Å². The normalized spacial score (nSPS) is 11.2. The fourth-order valence-electron chi connectivity index (χ4n) is 1.80. The molecule has 0 spiro atoms. The van der Waals surface area contributed by atoms with E-state index in [1.54, 1.807) is 12.1 Å². The van der Waals surface area contributed by atoms with Crippen LogP contribution >= 0.6 is 0 Å². The van der Waals surface area contributed by atoms with Crippen molar-refractivity contribution in [3.05, 3.63) is 47.8 Å². The van der Waals surface area contributed by atoms with Crippen molar-refractivity contribution in [2.24, 2.45) is 0 Å². The SMILES string of the molecule is COC(=O)c1cc(S(=O)(=O)N(C)c2ccc(C)cc2)c[nH]1. The van der Waals surface area contributed by atoms with Crippen LogP contribution < -0.4 is 4.31 Å². The van der Waals surface area contributed by atoms with Gasteiger partial charge in [0.05, 0.1) is 12.8 Å². The Morgan fingerprint density at radius 2 is 1.86 bits per heavy atom. The Bertz CT molecular complexity index is 748. The molecule has 0 saturated heterocycles. The van der Waals surface area contributed by atoms with Crippen molar-refractivity contribution < 1.29 is 17.9 Å². The number of ether oxygens (including phenoxy) is 1. The van der Waals surface area contributed by atoms with Crippen molar-refractivity contribution in [2.75, 3.05) is 18.5 Å². The number of nitrogens with zero attached hydrogens (tertiary/aromatic N) is 1. The number of H-pyrrole nitrogens is 1. The zero-order valence-corrected chi connectivity index (χ0v) is 12.8. The number of methoxy groups -OCH3 is 1. The molecule has 0 aliphatic rings. The molecule has 0 bridgehead atoms. The number of rotatable bonds is 4. The lowest BCUT2D eigenvalue weighted by Crippen LogP contribution is -2.26. The molecule has 2 aromatic rings. The fourth-order valence-corrected chi connectivity index (χ4v) is 2.99. The van der Waals surface area contributed by atoms with Gasteiger partial charge in [-0.2, -0.15) is 0 Å². The van der Waals surface area contributed by atoms with Crippen molar-refractivity contribution in [3.8, 4) is 0 Å². The summed E-state index contributed by atoms with van der Waals surface area (Å²) in [6, 6.07) is 8.37.